The van der Waals surface area contributed by atoms with E-state index in [-0.39, 0.29) is 5.54 Å². The molecular formula is C18H24N2. The predicted octanol–water partition coefficient (Wildman–Crippen LogP) is 4.25. The summed E-state index contributed by atoms with van der Waals surface area (Å²) >= 11 is 0. The summed E-state index contributed by atoms with van der Waals surface area (Å²) in [4.78, 5) is 4.43. The summed E-state index contributed by atoms with van der Waals surface area (Å²) in [6.07, 6.45) is 7.05. The minimum atomic E-state index is 0.126. The van der Waals surface area contributed by atoms with Crippen LogP contribution in [0, 0.1) is 5.92 Å². The standard InChI is InChI=1S/C18H24N2/c1-14(2)18(10-4-3-5-12-20-18)16-8-9-17-15(13-16)7-6-11-19-17/h6-9,11,13-14,20H,3-5,10,12H2,1-2H3. The van der Waals surface area contributed by atoms with Crippen LogP contribution >= 0.6 is 0 Å². The normalized spacial score (nSPS) is 23.9. The largest absolute Gasteiger partial charge is 0.307 e. The van der Waals surface area contributed by atoms with Gasteiger partial charge in [-0.25, -0.2) is 0 Å². The average molecular weight is 268 g/mol. The monoisotopic (exact) mass is 268 g/mol. The molecule has 0 aliphatic carbocycles. The molecule has 1 N–H and O–H groups in total. The Morgan fingerprint density at radius 1 is 1.15 bits per heavy atom. The van der Waals surface area contributed by atoms with Crippen LogP contribution in [0.15, 0.2) is 36.5 Å². The number of hydrogen-bond acceptors (Lipinski definition) is 2. The second kappa shape index (κ2) is 5.53. The maximum Gasteiger partial charge on any atom is 0.0702 e. The van der Waals surface area contributed by atoms with Gasteiger partial charge in [0, 0.05) is 17.1 Å². The van der Waals surface area contributed by atoms with E-state index < -0.39 is 0 Å². The van der Waals surface area contributed by atoms with Gasteiger partial charge in [0.15, 0.2) is 0 Å². The van der Waals surface area contributed by atoms with Gasteiger partial charge in [-0.15, -0.1) is 0 Å². The molecule has 1 aromatic carbocycles. The highest BCUT2D eigenvalue weighted by Gasteiger charge is 2.35. The van der Waals surface area contributed by atoms with Gasteiger partial charge in [0.05, 0.1) is 5.52 Å². The molecule has 0 bridgehead atoms. The van der Waals surface area contributed by atoms with Crippen LogP contribution in [-0.2, 0) is 5.54 Å². The lowest BCUT2D eigenvalue weighted by molar-refractivity contribution is 0.231. The highest BCUT2D eigenvalue weighted by Crippen LogP contribution is 2.37. The summed E-state index contributed by atoms with van der Waals surface area (Å²) in [7, 11) is 0. The fourth-order valence-corrected chi connectivity index (χ4v) is 3.53. The van der Waals surface area contributed by atoms with Crippen LogP contribution in [0.1, 0.15) is 45.1 Å². The molecule has 3 rings (SSSR count). The Bertz CT molecular complexity index is 581. The minimum absolute atomic E-state index is 0.126. The molecule has 0 amide bonds. The maximum absolute atomic E-state index is 4.43. The number of nitrogens with zero attached hydrogens (tertiary/aromatic N) is 1. The summed E-state index contributed by atoms with van der Waals surface area (Å²) in [5, 5.41) is 5.10. The van der Waals surface area contributed by atoms with Gasteiger partial charge < -0.3 is 5.32 Å². The van der Waals surface area contributed by atoms with E-state index in [0.717, 1.165) is 12.1 Å². The number of hydrogen-bond donors (Lipinski definition) is 1. The Morgan fingerprint density at radius 3 is 2.90 bits per heavy atom. The van der Waals surface area contributed by atoms with Gasteiger partial charge in [0.25, 0.3) is 0 Å². The predicted molar refractivity (Wildman–Crippen MR) is 84.7 cm³/mol. The summed E-state index contributed by atoms with van der Waals surface area (Å²) in [6.45, 7) is 5.81. The molecule has 1 unspecified atom stereocenters. The Labute approximate surface area is 121 Å². The van der Waals surface area contributed by atoms with Crippen LogP contribution in [0.4, 0.5) is 0 Å². The third-order valence-corrected chi connectivity index (χ3v) is 4.79. The summed E-state index contributed by atoms with van der Waals surface area (Å²) in [6, 6.07) is 11.0. The van der Waals surface area contributed by atoms with Crippen molar-refractivity contribution in [1.29, 1.82) is 0 Å². The molecule has 1 saturated heterocycles. The molecule has 2 heteroatoms. The smallest absolute Gasteiger partial charge is 0.0702 e. The number of benzene rings is 1. The maximum atomic E-state index is 4.43. The van der Waals surface area contributed by atoms with E-state index in [4.69, 9.17) is 0 Å². The fourth-order valence-electron chi connectivity index (χ4n) is 3.53. The molecule has 1 aliphatic rings. The van der Waals surface area contributed by atoms with Gasteiger partial charge in [-0.2, -0.15) is 0 Å². The van der Waals surface area contributed by atoms with Crippen molar-refractivity contribution in [2.24, 2.45) is 5.92 Å². The second-order valence-electron chi connectivity index (χ2n) is 6.27. The highest BCUT2D eigenvalue weighted by molar-refractivity contribution is 5.79. The van der Waals surface area contributed by atoms with Gasteiger partial charge in [-0.1, -0.05) is 38.8 Å². The third-order valence-electron chi connectivity index (χ3n) is 4.79. The fraction of sp³-hybridized carbons (Fsp3) is 0.500. The molecule has 2 aromatic rings. The molecule has 0 saturated carbocycles. The molecule has 0 spiro atoms. The second-order valence-corrected chi connectivity index (χ2v) is 6.27. The molecule has 2 heterocycles. The molecule has 106 valence electrons. The number of pyridine rings is 1. The SMILES string of the molecule is CC(C)C1(c2ccc3ncccc3c2)CCCCCN1. The van der Waals surface area contributed by atoms with E-state index in [1.165, 1.54) is 36.6 Å². The Balaban J connectivity index is 2.08. The Morgan fingerprint density at radius 2 is 2.05 bits per heavy atom. The van der Waals surface area contributed by atoms with E-state index in [1.54, 1.807) is 0 Å². The molecular weight excluding hydrogens is 244 g/mol. The van der Waals surface area contributed by atoms with Crippen molar-refractivity contribution >= 4 is 10.9 Å². The van der Waals surface area contributed by atoms with Crippen LogP contribution in [0.3, 0.4) is 0 Å². The van der Waals surface area contributed by atoms with E-state index in [0.29, 0.717) is 5.92 Å². The van der Waals surface area contributed by atoms with Gasteiger partial charge in [-0.3, -0.25) is 4.98 Å². The zero-order valence-electron chi connectivity index (χ0n) is 12.5. The van der Waals surface area contributed by atoms with Crippen LogP contribution < -0.4 is 5.32 Å². The van der Waals surface area contributed by atoms with Crippen LogP contribution in [0.2, 0.25) is 0 Å². The lowest BCUT2D eigenvalue weighted by atomic mass is 9.76. The first-order valence-electron chi connectivity index (χ1n) is 7.83. The molecule has 1 atom stereocenters. The molecule has 1 aromatic heterocycles. The highest BCUT2D eigenvalue weighted by atomic mass is 15.0. The molecule has 1 fully saturated rings. The van der Waals surface area contributed by atoms with Crippen LogP contribution in [0.5, 0.6) is 0 Å². The van der Waals surface area contributed by atoms with Crippen molar-refractivity contribution in [3.05, 3.63) is 42.1 Å². The van der Waals surface area contributed by atoms with Gasteiger partial charge in [0.2, 0.25) is 0 Å². The number of aromatic nitrogens is 1. The zero-order valence-corrected chi connectivity index (χ0v) is 12.5. The van der Waals surface area contributed by atoms with Crippen molar-refractivity contribution in [1.82, 2.24) is 10.3 Å². The molecule has 0 radical (unpaired) electrons. The lowest BCUT2D eigenvalue weighted by Gasteiger charge is -2.38. The van der Waals surface area contributed by atoms with E-state index in [9.17, 15) is 0 Å². The number of fused-ring (bicyclic) bond motifs is 1. The average Bonchev–Trinajstić information content (AvgIpc) is 2.73. The third kappa shape index (κ3) is 2.33. The van der Waals surface area contributed by atoms with Crippen molar-refractivity contribution in [2.45, 2.75) is 45.1 Å². The zero-order chi connectivity index (χ0) is 14.0. The van der Waals surface area contributed by atoms with Gasteiger partial charge in [0.1, 0.15) is 0 Å². The summed E-state index contributed by atoms with van der Waals surface area (Å²) < 4.78 is 0. The Hall–Kier alpha value is -1.41. The van der Waals surface area contributed by atoms with Crippen molar-refractivity contribution in [2.75, 3.05) is 6.54 Å². The summed E-state index contributed by atoms with van der Waals surface area (Å²) in [5.74, 6) is 0.592. The van der Waals surface area contributed by atoms with Gasteiger partial charge in [-0.05, 0) is 49.1 Å². The van der Waals surface area contributed by atoms with E-state index in [1.807, 2.05) is 12.3 Å². The first-order chi connectivity index (χ1) is 9.72. The molecule has 1 aliphatic heterocycles. The lowest BCUT2D eigenvalue weighted by Crippen LogP contribution is -2.46. The van der Waals surface area contributed by atoms with Crippen LogP contribution in [0.25, 0.3) is 10.9 Å². The van der Waals surface area contributed by atoms with Crippen molar-refractivity contribution in [3.63, 3.8) is 0 Å². The van der Waals surface area contributed by atoms with Gasteiger partial charge >= 0.3 is 0 Å². The molecule has 2 nitrogen and oxygen atoms in total. The van der Waals surface area contributed by atoms with Crippen molar-refractivity contribution < 1.29 is 0 Å². The molecule has 20 heavy (non-hydrogen) atoms. The van der Waals surface area contributed by atoms with Crippen molar-refractivity contribution in [3.8, 4) is 0 Å². The topological polar surface area (TPSA) is 24.9 Å². The minimum Gasteiger partial charge on any atom is -0.307 e. The van der Waals surface area contributed by atoms with Crippen LogP contribution in [-0.4, -0.2) is 11.5 Å². The Kier molecular flexibility index (Phi) is 3.75. The number of nitrogens with one attached hydrogen (secondary N) is 1. The summed E-state index contributed by atoms with van der Waals surface area (Å²) in [5.41, 5.74) is 2.64. The number of rotatable bonds is 2. The quantitative estimate of drug-likeness (QED) is 0.880. The van der Waals surface area contributed by atoms with E-state index >= 15 is 0 Å². The van der Waals surface area contributed by atoms with E-state index in [2.05, 4.69) is 48.4 Å². The first kappa shape index (κ1) is 13.6. The first-order valence-corrected chi connectivity index (χ1v) is 7.83.